The fourth-order valence-corrected chi connectivity index (χ4v) is 2.38. The minimum atomic E-state index is -0.512. The van der Waals surface area contributed by atoms with E-state index in [0.717, 1.165) is 23.3 Å². The summed E-state index contributed by atoms with van der Waals surface area (Å²) in [4.78, 5) is 3.64. The third kappa shape index (κ3) is 2.62. The predicted molar refractivity (Wildman–Crippen MR) is 70.2 cm³/mol. The van der Waals surface area contributed by atoms with Crippen molar-refractivity contribution >= 4 is 15.9 Å². The Kier molecular flexibility index (Phi) is 3.48. The van der Waals surface area contributed by atoms with Gasteiger partial charge in [0.05, 0.1) is 18.4 Å². The van der Waals surface area contributed by atoms with Gasteiger partial charge in [-0.3, -0.25) is 4.68 Å². The number of hydrogen-bond donors (Lipinski definition) is 1. The molecule has 0 bridgehead atoms. The lowest BCUT2D eigenvalue weighted by Crippen LogP contribution is -2.28. The van der Waals surface area contributed by atoms with Gasteiger partial charge in [-0.2, -0.15) is 9.49 Å². The van der Waals surface area contributed by atoms with Crippen LogP contribution in [-0.4, -0.2) is 21.3 Å². The van der Waals surface area contributed by atoms with Gasteiger partial charge in [0.15, 0.2) is 5.75 Å². The van der Waals surface area contributed by atoms with Crippen LogP contribution in [-0.2, 0) is 19.7 Å². The Morgan fingerprint density at radius 1 is 1.47 bits per heavy atom. The van der Waals surface area contributed by atoms with Crippen molar-refractivity contribution in [2.75, 3.05) is 6.54 Å². The molecule has 0 amide bonds. The third-order valence-corrected chi connectivity index (χ3v) is 3.40. The lowest BCUT2D eigenvalue weighted by Gasteiger charge is -2.16. The van der Waals surface area contributed by atoms with Crippen molar-refractivity contribution in [1.29, 1.82) is 0 Å². The molecule has 0 unspecified atom stereocenters. The molecule has 3 heterocycles. The van der Waals surface area contributed by atoms with Gasteiger partial charge >= 0.3 is 0 Å². The van der Waals surface area contributed by atoms with Crippen LogP contribution in [0.2, 0.25) is 0 Å². The fraction of sp³-hybridized carbons (Fsp3) is 0.333. The zero-order chi connectivity index (χ0) is 13.2. The zero-order valence-electron chi connectivity index (χ0n) is 10.1. The van der Waals surface area contributed by atoms with E-state index in [2.05, 4.69) is 31.3 Å². The van der Waals surface area contributed by atoms with Gasteiger partial charge in [-0.25, -0.2) is 4.98 Å². The van der Waals surface area contributed by atoms with E-state index in [0.29, 0.717) is 17.9 Å². The van der Waals surface area contributed by atoms with E-state index in [1.165, 1.54) is 6.20 Å². The molecule has 2 aromatic heterocycles. The molecule has 7 heteroatoms. The minimum Gasteiger partial charge on any atom is -0.485 e. The van der Waals surface area contributed by atoms with Crippen molar-refractivity contribution in [2.45, 2.75) is 19.7 Å². The second-order valence-corrected chi connectivity index (χ2v) is 5.16. The van der Waals surface area contributed by atoms with E-state index >= 15 is 0 Å². The van der Waals surface area contributed by atoms with Crippen molar-refractivity contribution in [3.05, 3.63) is 40.1 Å². The molecule has 1 N–H and O–H groups in total. The predicted octanol–water partition coefficient (Wildman–Crippen LogP) is 1.86. The molecule has 0 fully saturated rings. The van der Waals surface area contributed by atoms with Gasteiger partial charge < -0.3 is 10.1 Å². The van der Waals surface area contributed by atoms with Crippen LogP contribution in [0.1, 0.15) is 11.3 Å². The minimum absolute atomic E-state index is 0.136. The first-order chi connectivity index (χ1) is 9.24. The summed E-state index contributed by atoms with van der Waals surface area (Å²) in [6.45, 7) is 2.58. The van der Waals surface area contributed by atoms with E-state index < -0.39 is 5.95 Å². The lowest BCUT2D eigenvalue weighted by atomic mass is 10.3. The third-order valence-electron chi connectivity index (χ3n) is 2.96. The van der Waals surface area contributed by atoms with Gasteiger partial charge in [-0.15, -0.1) is 0 Å². The summed E-state index contributed by atoms with van der Waals surface area (Å²) in [7, 11) is 0. The maximum Gasteiger partial charge on any atom is 0.219 e. The quantitative estimate of drug-likeness (QED) is 0.875. The molecule has 1 aliphatic heterocycles. The topological polar surface area (TPSA) is 52.0 Å². The highest BCUT2D eigenvalue weighted by Crippen LogP contribution is 2.22. The number of fused-ring (bicyclic) bond motifs is 1. The summed E-state index contributed by atoms with van der Waals surface area (Å²) >= 11 is 3.26. The van der Waals surface area contributed by atoms with Crippen molar-refractivity contribution in [1.82, 2.24) is 20.1 Å². The number of halogens is 2. The van der Waals surface area contributed by atoms with Gasteiger partial charge in [-0.05, 0) is 22.0 Å². The second kappa shape index (κ2) is 5.26. The molecule has 0 radical (unpaired) electrons. The van der Waals surface area contributed by atoms with Gasteiger partial charge in [-0.1, -0.05) is 0 Å². The maximum atomic E-state index is 13.5. The number of nitrogens with zero attached hydrogens (tertiary/aromatic N) is 3. The van der Waals surface area contributed by atoms with Gasteiger partial charge in [0.1, 0.15) is 6.61 Å². The van der Waals surface area contributed by atoms with Crippen LogP contribution in [0.15, 0.2) is 22.9 Å². The summed E-state index contributed by atoms with van der Waals surface area (Å²) in [5.74, 6) is 0.175. The molecule has 0 saturated carbocycles. The van der Waals surface area contributed by atoms with E-state index in [1.807, 2.05) is 4.68 Å². The standard InChI is InChI=1S/C12H12BrFN4O/c13-9-3-8(12(14)16-4-9)7-19-11-6-17-18-2-1-15-5-10(11)18/h3-4,6,15H,1-2,5,7H2. The Labute approximate surface area is 117 Å². The van der Waals surface area contributed by atoms with Gasteiger partial charge in [0.25, 0.3) is 0 Å². The molecule has 1 aliphatic rings. The summed E-state index contributed by atoms with van der Waals surface area (Å²) in [5.41, 5.74) is 1.41. The van der Waals surface area contributed by atoms with Crippen molar-refractivity contribution in [3.63, 3.8) is 0 Å². The highest BCUT2D eigenvalue weighted by atomic mass is 79.9. The van der Waals surface area contributed by atoms with Crippen LogP contribution >= 0.6 is 15.9 Å². The average Bonchev–Trinajstić information content (AvgIpc) is 2.83. The largest absolute Gasteiger partial charge is 0.485 e. The number of ether oxygens (including phenoxy) is 1. The van der Waals surface area contributed by atoms with Crippen LogP contribution in [0.5, 0.6) is 5.75 Å². The Morgan fingerprint density at radius 3 is 3.26 bits per heavy atom. The van der Waals surface area contributed by atoms with Gasteiger partial charge in [0, 0.05) is 29.3 Å². The van der Waals surface area contributed by atoms with Crippen LogP contribution in [0.25, 0.3) is 0 Å². The summed E-state index contributed by atoms with van der Waals surface area (Å²) in [5, 5.41) is 7.49. The monoisotopic (exact) mass is 326 g/mol. The Morgan fingerprint density at radius 2 is 2.37 bits per heavy atom. The molecular formula is C12H12BrFN4O. The van der Waals surface area contributed by atoms with Crippen LogP contribution in [0, 0.1) is 5.95 Å². The van der Waals surface area contributed by atoms with E-state index in [4.69, 9.17) is 4.74 Å². The summed E-state index contributed by atoms with van der Waals surface area (Å²) in [6, 6.07) is 1.66. The average molecular weight is 327 g/mol. The highest BCUT2D eigenvalue weighted by molar-refractivity contribution is 9.10. The first-order valence-electron chi connectivity index (χ1n) is 5.92. The molecule has 0 aliphatic carbocycles. The first kappa shape index (κ1) is 12.6. The number of pyridine rings is 1. The van der Waals surface area contributed by atoms with E-state index in [-0.39, 0.29) is 6.61 Å². The molecular weight excluding hydrogens is 315 g/mol. The molecule has 3 rings (SSSR count). The van der Waals surface area contributed by atoms with Crippen molar-refractivity contribution in [2.24, 2.45) is 0 Å². The zero-order valence-corrected chi connectivity index (χ0v) is 11.7. The Hall–Kier alpha value is -1.47. The number of aromatic nitrogens is 3. The van der Waals surface area contributed by atoms with Crippen molar-refractivity contribution < 1.29 is 9.13 Å². The summed E-state index contributed by atoms with van der Waals surface area (Å²) < 4.78 is 21.8. The lowest BCUT2D eigenvalue weighted by molar-refractivity contribution is 0.291. The number of rotatable bonds is 3. The number of hydrogen-bond acceptors (Lipinski definition) is 4. The number of nitrogens with one attached hydrogen (secondary N) is 1. The molecule has 0 saturated heterocycles. The highest BCUT2D eigenvalue weighted by Gasteiger charge is 2.16. The Bertz CT molecular complexity index is 601. The molecule has 5 nitrogen and oxygen atoms in total. The molecule has 100 valence electrons. The maximum absolute atomic E-state index is 13.5. The van der Waals surface area contributed by atoms with E-state index in [1.54, 1.807) is 12.3 Å². The fourth-order valence-electron chi connectivity index (χ4n) is 2.00. The van der Waals surface area contributed by atoms with E-state index in [9.17, 15) is 4.39 Å². The SMILES string of the molecule is Fc1ncc(Br)cc1COc1cnn2c1CNCC2. The summed E-state index contributed by atoms with van der Waals surface area (Å²) in [6.07, 6.45) is 3.09. The second-order valence-electron chi connectivity index (χ2n) is 4.25. The van der Waals surface area contributed by atoms with Crippen molar-refractivity contribution in [3.8, 4) is 5.75 Å². The normalized spacial score (nSPS) is 14.2. The van der Waals surface area contributed by atoms with Gasteiger partial charge in [0.2, 0.25) is 5.95 Å². The molecule has 0 atom stereocenters. The molecule has 0 aromatic carbocycles. The molecule has 2 aromatic rings. The first-order valence-corrected chi connectivity index (χ1v) is 6.71. The van der Waals surface area contributed by atoms with Crippen LogP contribution < -0.4 is 10.1 Å². The van der Waals surface area contributed by atoms with Crippen LogP contribution in [0.3, 0.4) is 0 Å². The van der Waals surface area contributed by atoms with Crippen LogP contribution in [0.4, 0.5) is 4.39 Å². The molecule has 0 spiro atoms. The smallest absolute Gasteiger partial charge is 0.219 e. The molecule has 19 heavy (non-hydrogen) atoms. The Balaban J connectivity index is 1.75.